The van der Waals surface area contributed by atoms with Gasteiger partial charge in [0.05, 0.1) is 5.52 Å². The van der Waals surface area contributed by atoms with Crippen LogP contribution in [0.2, 0.25) is 5.15 Å². The second-order valence-electron chi connectivity index (χ2n) is 4.86. The highest BCUT2D eigenvalue weighted by Crippen LogP contribution is 2.27. The number of hydrogen-bond acceptors (Lipinski definition) is 1. The average molecular weight is 223 g/mol. The minimum absolute atomic E-state index is 0.00215. The molecule has 0 aromatic carbocycles. The van der Waals surface area contributed by atoms with E-state index in [-0.39, 0.29) is 5.41 Å². The summed E-state index contributed by atoms with van der Waals surface area (Å²) in [6, 6.07) is 6.07. The molecule has 2 nitrogen and oxygen atoms in total. The van der Waals surface area contributed by atoms with E-state index < -0.39 is 0 Å². The molecule has 0 fully saturated rings. The van der Waals surface area contributed by atoms with Crippen LogP contribution in [0.25, 0.3) is 5.52 Å². The first-order valence-electron chi connectivity index (χ1n) is 5.05. The Labute approximate surface area is 94.9 Å². The molecule has 0 amide bonds. The lowest BCUT2D eigenvalue weighted by molar-refractivity contribution is 0.541. The van der Waals surface area contributed by atoms with E-state index in [1.165, 1.54) is 0 Å². The molecule has 0 N–H and O–H groups in total. The zero-order valence-corrected chi connectivity index (χ0v) is 10.3. The van der Waals surface area contributed by atoms with Crippen molar-refractivity contribution in [3.8, 4) is 0 Å². The van der Waals surface area contributed by atoms with Crippen LogP contribution in [0.4, 0.5) is 0 Å². The summed E-state index contributed by atoms with van der Waals surface area (Å²) < 4.78 is 2.13. The summed E-state index contributed by atoms with van der Waals surface area (Å²) in [5.74, 6) is 1.01. The van der Waals surface area contributed by atoms with Gasteiger partial charge >= 0.3 is 0 Å². The van der Waals surface area contributed by atoms with Gasteiger partial charge in [0.25, 0.3) is 0 Å². The van der Waals surface area contributed by atoms with E-state index in [2.05, 4.69) is 43.1 Å². The molecule has 2 heterocycles. The van der Waals surface area contributed by atoms with Crippen molar-refractivity contribution in [3.63, 3.8) is 0 Å². The number of pyridine rings is 1. The Balaban J connectivity index is 2.88. The van der Waals surface area contributed by atoms with Crippen molar-refractivity contribution >= 4 is 17.1 Å². The minimum atomic E-state index is 0.00215. The molecule has 0 aliphatic heterocycles. The van der Waals surface area contributed by atoms with Crippen molar-refractivity contribution in [2.24, 2.45) is 0 Å². The predicted molar refractivity (Wildman–Crippen MR) is 63.6 cm³/mol. The fourth-order valence-electron chi connectivity index (χ4n) is 1.76. The summed E-state index contributed by atoms with van der Waals surface area (Å²) in [7, 11) is 0. The van der Waals surface area contributed by atoms with Gasteiger partial charge in [-0.1, -0.05) is 38.4 Å². The van der Waals surface area contributed by atoms with E-state index in [1.54, 1.807) is 0 Å². The van der Waals surface area contributed by atoms with Crippen LogP contribution in [0.5, 0.6) is 0 Å². The van der Waals surface area contributed by atoms with Crippen molar-refractivity contribution in [1.82, 2.24) is 9.38 Å². The third kappa shape index (κ3) is 1.63. The van der Waals surface area contributed by atoms with Gasteiger partial charge < -0.3 is 0 Å². The first-order chi connectivity index (χ1) is 6.91. The van der Waals surface area contributed by atoms with Gasteiger partial charge in [-0.05, 0) is 19.1 Å². The molecule has 0 saturated carbocycles. The molecule has 0 unspecified atom stereocenters. The van der Waals surface area contributed by atoms with Gasteiger partial charge in [-0.2, -0.15) is 0 Å². The molecule has 0 bridgehead atoms. The Morgan fingerprint density at radius 3 is 2.53 bits per heavy atom. The van der Waals surface area contributed by atoms with Gasteiger partial charge in [0.1, 0.15) is 5.82 Å². The molecule has 80 valence electrons. The fourth-order valence-corrected chi connectivity index (χ4v) is 1.99. The van der Waals surface area contributed by atoms with Crippen LogP contribution < -0.4 is 0 Å². The highest BCUT2D eigenvalue weighted by molar-refractivity contribution is 6.32. The summed E-state index contributed by atoms with van der Waals surface area (Å²) in [5.41, 5.74) is 2.15. The molecule has 15 heavy (non-hydrogen) atoms. The smallest absolute Gasteiger partial charge is 0.155 e. The second-order valence-corrected chi connectivity index (χ2v) is 5.22. The Bertz CT molecular complexity index is 506. The molecule has 0 saturated heterocycles. The summed E-state index contributed by atoms with van der Waals surface area (Å²) in [5, 5.41) is 0.587. The molecule has 0 atom stereocenters. The van der Waals surface area contributed by atoms with Crippen molar-refractivity contribution in [1.29, 1.82) is 0 Å². The van der Waals surface area contributed by atoms with Crippen LogP contribution in [0.15, 0.2) is 18.2 Å². The molecule has 0 aliphatic carbocycles. The van der Waals surface area contributed by atoms with Gasteiger partial charge in [0.15, 0.2) is 5.15 Å². The lowest BCUT2D eigenvalue weighted by Crippen LogP contribution is -2.16. The fraction of sp³-hybridized carbons (Fsp3) is 0.417. The largest absolute Gasteiger partial charge is 0.299 e. The minimum Gasteiger partial charge on any atom is -0.299 e. The van der Waals surface area contributed by atoms with Crippen molar-refractivity contribution in [3.05, 3.63) is 34.9 Å². The molecule has 0 spiro atoms. The van der Waals surface area contributed by atoms with Gasteiger partial charge in [-0.15, -0.1) is 0 Å². The number of rotatable bonds is 0. The van der Waals surface area contributed by atoms with E-state index in [0.717, 1.165) is 17.0 Å². The first kappa shape index (κ1) is 10.5. The number of fused-ring (bicyclic) bond motifs is 1. The van der Waals surface area contributed by atoms with E-state index in [0.29, 0.717) is 5.15 Å². The maximum atomic E-state index is 6.12. The molecule has 0 radical (unpaired) electrons. The number of aryl methyl sites for hydroxylation is 1. The zero-order chi connectivity index (χ0) is 11.2. The van der Waals surface area contributed by atoms with Crippen LogP contribution in [0.1, 0.15) is 32.3 Å². The summed E-state index contributed by atoms with van der Waals surface area (Å²) in [6.45, 7) is 8.50. The second kappa shape index (κ2) is 3.24. The molecule has 2 aromatic rings. The molecule has 0 aliphatic rings. The molecular weight excluding hydrogens is 208 g/mol. The number of aromatic nitrogens is 2. The Morgan fingerprint density at radius 1 is 1.27 bits per heavy atom. The van der Waals surface area contributed by atoms with Crippen molar-refractivity contribution in [2.45, 2.75) is 33.1 Å². The molecule has 2 rings (SSSR count). The lowest BCUT2D eigenvalue weighted by Gasteiger charge is -2.17. The molecule has 2 aromatic heterocycles. The standard InChI is InChI=1S/C12H15ClN2/c1-8-6-5-7-9-10(13)14-11(15(8)9)12(2,3)4/h5-7H,1-4H3. The number of nitrogens with zero attached hydrogens (tertiary/aromatic N) is 2. The SMILES string of the molecule is Cc1cccc2c(Cl)nc(C(C)(C)C)n12. The number of halogens is 1. The number of hydrogen-bond donors (Lipinski definition) is 0. The molecular formula is C12H15ClN2. The summed E-state index contributed by atoms with van der Waals surface area (Å²) in [4.78, 5) is 4.45. The third-order valence-electron chi connectivity index (χ3n) is 2.48. The number of imidazole rings is 1. The average Bonchev–Trinajstić information content (AvgIpc) is 2.45. The van der Waals surface area contributed by atoms with E-state index in [9.17, 15) is 0 Å². The highest BCUT2D eigenvalue weighted by Gasteiger charge is 2.22. The van der Waals surface area contributed by atoms with Gasteiger partial charge in [-0.3, -0.25) is 4.40 Å². The maximum absolute atomic E-state index is 6.12. The van der Waals surface area contributed by atoms with Crippen LogP contribution in [-0.2, 0) is 5.41 Å². The van der Waals surface area contributed by atoms with Crippen LogP contribution >= 0.6 is 11.6 Å². The van der Waals surface area contributed by atoms with E-state index in [4.69, 9.17) is 11.6 Å². The van der Waals surface area contributed by atoms with Crippen LogP contribution in [0, 0.1) is 6.92 Å². The van der Waals surface area contributed by atoms with Crippen molar-refractivity contribution in [2.75, 3.05) is 0 Å². The normalized spacial score (nSPS) is 12.3. The summed E-state index contributed by atoms with van der Waals surface area (Å²) >= 11 is 6.12. The maximum Gasteiger partial charge on any atom is 0.155 e. The lowest BCUT2D eigenvalue weighted by atomic mass is 9.96. The Hall–Kier alpha value is -1.02. The topological polar surface area (TPSA) is 17.3 Å². The van der Waals surface area contributed by atoms with Crippen LogP contribution in [0.3, 0.4) is 0 Å². The highest BCUT2D eigenvalue weighted by atomic mass is 35.5. The summed E-state index contributed by atoms with van der Waals surface area (Å²) in [6.07, 6.45) is 0. The van der Waals surface area contributed by atoms with Gasteiger partial charge in [0, 0.05) is 11.1 Å². The van der Waals surface area contributed by atoms with Gasteiger partial charge in [-0.25, -0.2) is 4.98 Å². The zero-order valence-electron chi connectivity index (χ0n) is 9.50. The third-order valence-corrected chi connectivity index (χ3v) is 2.76. The predicted octanol–water partition coefficient (Wildman–Crippen LogP) is 3.59. The molecule has 3 heteroatoms. The Kier molecular flexibility index (Phi) is 2.27. The Morgan fingerprint density at radius 2 is 1.93 bits per heavy atom. The first-order valence-corrected chi connectivity index (χ1v) is 5.43. The van der Waals surface area contributed by atoms with E-state index >= 15 is 0 Å². The van der Waals surface area contributed by atoms with Crippen molar-refractivity contribution < 1.29 is 0 Å². The van der Waals surface area contributed by atoms with E-state index in [1.807, 2.05) is 12.1 Å². The van der Waals surface area contributed by atoms with Gasteiger partial charge in [0.2, 0.25) is 0 Å². The monoisotopic (exact) mass is 222 g/mol. The quantitative estimate of drug-likeness (QED) is 0.666. The van der Waals surface area contributed by atoms with Crippen LogP contribution in [-0.4, -0.2) is 9.38 Å².